The Labute approximate surface area is 190 Å². The molecular formula is C22H29FN6O2S. The molecule has 1 aliphatic rings. The van der Waals surface area contributed by atoms with Gasteiger partial charge >= 0.3 is 0 Å². The van der Waals surface area contributed by atoms with Crippen molar-refractivity contribution in [3.05, 3.63) is 30.1 Å². The number of carbonyl (C=O) groups excluding carboxylic acids is 1. The molecule has 32 heavy (non-hydrogen) atoms. The van der Waals surface area contributed by atoms with Crippen molar-refractivity contribution in [2.24, 2.45) is 0 Å². The molecule has 172 valence electrons. The van der Waals surface area contributed by atoms with Crippen LogP contribution in [0.1, 0.15) is 33.6 Å². The number of imidazole rings is 1. The van der Waals surface area contributed by atoms with Crippen molar-refractivity contribution in [1.29, 1.82) is 0 Å². The highest BCUT2D eigenvalue weighted by Gasteiger charge is 2.24. The Morgan fingerprint density at radius 2 is 2.09 bits per heavy atom. The molecule has 10 heteroatoms. The summed E-state index contributed by atoms with van der Waals surface area (Å²) < 4.78 is 20.7. The summed E-state index contributed by atoms with van der Waals surface area (Å²) in [5.74, 6) is 0.369. The first-order valence-corrected chi connectivity index (χ1v) is 11.5. The lowest BCUT2D eigenvalue weighted by atomic mass is 10.1. The maximum atomic E-state index is 13.4. The van der Waals surface area contributed by atoms with E-state index in [2.05, 4.69) is 31.4 Å². The van der Waals surface area contributed by atoms with Crippen LogP contribution in [0.25, 0.3) is 16.2 Å². The van der Waals surface area contributed by atoms with Gasteiger partial charge in [0.2, 0.25) is 16.0 Å². The molecule has 0 bridgehead atoms. The molecule has 0 spiro atoms. The quantitative estimate of drug-likeness (QED) is 0.561. The van der Waals surface area contributed by atoms with E-state index in [-0.39, 0.29) is 29.9 Å². The number of benzene rings is 1. The SMILES string of the molecule is CN(CC(=O)NC[C@@H]1CCCO1)c1nn2c(NC(C)(C)C)c(-c3ccc(F)cc3)nc2s1. The van der Waals surface area contributed by atoms with E-state index in [1.807, 2.05) is 11.9 Å². The average Bonchev–Trinajstić information content (AvgIpc) is 3.44. The largest absolute Gasteiger partial charge is 0.376 e. The minimum atomic E-state index is -0.292. The van der Waals surface area contributed by atoms with Crippen LogP contribution in [-0.4, -0.2) is 58.9 Å². The van der Waals surface area contributed by atoms with Gasteiger partial charge in [-0.2, -0.15) is 4.52 Å². The number of anilines is 2. The van der Waals surface area contributed by atoms with Crippen molar-refractivity contribution in [2.45, 2.75) is 45.3 Å². The molecule has 1 fully saturated rings. The molecule has 3 aromatic rings. The van der Waals surface area contributed by atoms with Gasteiger partial charge in [-0.1, -0.05) is 11.3 Å². The van der Waals surface area contributed by atoms with E-state index in [0.29, 0.717) is 22.3 Å². The highest BCUT2D eigenvalue weighted by molar-refractivity contribution is 7.20. The Bertz CT molecular complexity index is 1080. The topological polar surface area (TPSA) is 83.8 Å². The van der Waals surface area contributed by atoms with Gasteiger partial charge in [0.15, 0.2) is 5.82 Å². The highest BCUT2D eigenvalue weighted by Crippen LogP contribution is 2.34. The number of rotatable bonds is 7. The van der Waals surface area contributed by atoms with Crippen molar-refractivity contribution in [3.63, 3.8) is 0 Å². The number of nitrogens with zero attached hydrogens (tertiary/aromatic N) is 4. The molecule has 4 rings (SSSR count). The fourth-order valence-corrected chi connectivity index (χ4v) is 4.40. The van der Waals surface area contributed by atoms with E-state index in [0.717, 1.165) is 30.8 Å². The van der Waals surface area contributed by atoms with Gasteiger partial charge in [-0.25, -0.2) is 9.37 Å². The first-order valence-electron chi connectivity index (χ1n) is 10.7. The van der Waals surface area contributed by atoms with Crippen molar-refractivity contribution >= 4 is 33.2 Å². The Hall–Kier alpha value is -2.72. The summed E-state index contributed by atoms with van der Waals surface area (Å²) in [5, 5.41) is 11.8. The summed E-state index contributed by atoms with van der Waals surface area (Å²) in [5.41, 5.74) is 1.28. The maximum absolute atomic E-state index is 13.4. The van der Waals surface area contributed by atoms with E-state index in [1.54, 1.807) is 16.6 Å². The number of aromatic nitrogens is 3. The fraction of sp³-hybridized carbons (Fsp3) is 0.500. The number of likely N-dealkylation sites (N-methyl/N-ethyl adjacent to an activating group) is 1. The summed E-state index contributed by atoms with van der Waals surface area (Å²) >= 11 is 1.40. The van der Waals surface area contributed by atoms with Crippen LogP contribution in [-0.2, 0) is 9.53 Å². The van der Waals surface area contributed by atoms with Crippen molar-refractivity contribution in [3.8, 4) is 11.3 Å². The molecule has 1 aliphatic heterocycles. The summed E-state index contributed by atoms with van der Waals surface area (Å²) in [4.78, 5) is 19.6. The number of fused-ring (bicyclic) bond motifs is 1. The normalized spacial score (nSPS) is 16.5. The van der Waals surface area contributed by atoms with Gasteiger partial charge < -0.3 is 20.3 Å². The van der Waals surface area contributed by atoms with Gasteiger partial charge in [0, 0.05) is 31.3 Å². The second-order valence-electron chi connectivity index (χ2n) is 9.07. The molecular weight excluding hydrogens is 431 g/mol. The Morgan fingerprint density at radius 1 is 1.34 bits per heavy atom. The number of carbonyl (C=O) groups is 1. The summed E-state index contributed by atoms with van der Waals surface area (Å²) in [6.45, 7) is 7.66. The van der Waals surface area contributed by atoms with Gasteiger partial charge in [0.25, 0.3) is 0 Å². The van der Waals surface area contributed by atoms with Gasteiger partial charge in [0.1, 0.15) is 11.5 Å². The molecule has 2 aromatic heterocycles. The van der Waals surface area contributed by atoms with Crippen molar-refractivity contribution in [2.75, 3.05) is 37.0 Å². The Morgan fingerprint density at radius 3 is 2.75 bits per heavy atom. The molecule has 0 aliphatic carbocycles. The number of nitrogens with one attached hydrogen (secondary N) is 2. The predicted molar refractivity (Wildman–Crippen MR) is 125 cm³/mol. The summed E-state index contributed by atoms with van der Waals surface area (Å²) in [6.07, 6.45) is 2.15. The maximum Gasteiger partial charge on any atom is 0.239 e. The lowest BCUT2D eigenvalue weighted by Gasteiger charge is -2.22. The molecule has 1 saturated heterocycles. The highest BCUT2D eigenvalue weighted by atomic mass is 32.1. The third-order valence-electron chi connectivity index (χ3n) is 5.06. The third-order valence-corrected chi connectivity index (χ3v) is 6.08. The molecule has 0 saturated carbocycles. The molecule has 1 aromatic carbocycles. The number of halogens is 1. The number of hydrogen-bond acceptors (Lipinski definition) is 7. The van der Waals surface area contributed by atoms with E-state index < -0.39 is 0 Å². The monoisotopic (exact) mass is 460 g/mol. The minimum Gasteiger partial charge on any atom is -0.376 e. The molecule has 3 heterocycles. The van der Waals surface area contributed by atoms with E-state index in [1.165, 1.54) is 23.5 Å². The van der Waals surface area contributed by atoms with Crippen LogP contribution in [0.5, 0.6) is 0 Å². The van der Waals surface area contributed by atoms with E-state index in [4.69, 9.17) is 14.8 Å². The molecule has 1 amide bonds. The number of ether oxygens (including phenoxy) is 1. The third kappa shape index (κ3) is 5.18. The van der Waals surface area contributed by atoms with Crippen LogP contribution in [0.4, 0.5) is 15.3 Å². The van der Waals surface area contributed by atoms with Crippen LogP contribution < -0.4 is 15.5 Å². The van der Waals surface area contributed by atoms with Gasteiger partial charge in [-0.3, -0.25) is 4.79 Å². The minimum absolute atomic E-state index is 0.0733. The van der Waals surface area contributed by atoms with Crippen LogP contribution in [0.3, 0.4) is 0 Å². The Balaban J connectivity index is 1.54. The Kier molecular flexibility index (Phi) is 6.34. The zero-order valence-electron chi connectivity index (χ0n) is 18.8. The molecule has 0 radical (unpaired) electrons. The van der Waals surface area contributed by atoms with Gasteiger partial charge in [-0.05, 0) is 57.9 Å². The van der Waals surface area contributed by atoms with Gasteiger partial charge in [0.05, 0.1) is 12.6 Å². The lowest BCUT2D eigenvalue weighted by Crippen LogP contribution is -2.38. The average molecular weight is 461 g/mol. The van der Waals surface area contributed by atoms with E-state index >= 15 is 0 Å². The fourth-order valence-electron chi connectivity index (χ4n) is 3.54. The van der Waals surface area contributed by atoms with Crippen LogP contribution in [0, 0.1) is 5.82 Å². The van der Waals surface area contributed by atoms with Crippen LogP contribution >= 0.6 is 11.3 Å². The first kappa shape index (κ1) is 22.5. The summed E-state index contributed by atoms with van der Waals surface area (Å²) in [6, 6.07) is 6.26. The first-order chi connectivity index (χ1) is 15.2. The van der Waals surface area contributed by atoms with E-state index in [9.17, 15) is 9.18 Å². The second-order valence-corrected chi connectivity index (χ2v) is 10.00. The molecule has 0 unspecified atom stereocenters. The standard InChI is InChI=1S/C22H29FN6O2S/c1-22(2,3)26-19-18(14-7-9-15(23)10-8-14)25-20-29(19)27-21(32-20)28(4)13-17(30)24-12-16-6-5-11-31-16/h7-10,16,26H,5-6,11-13H2,1-4H3,(H,24,30)/t16-/m0/s1. The van der Waals surface area contributed by atoms with Crippen LogP contribution in [0.15, 0.2) is 24.3 Å². The summed E-state index contributed by atoms with van der Waals surface area (Å²) in [7, 11) is 1.83. The predicted octanol–water partition coefficient (Wildman–Crippen LogP) is 3.54. The lowest BCUT2D eigenvalue weighted by molar-refractivity contribution is -0.120. The second kappa shape index (κ2) is 9.03. The molecule has 8 nitrogen and oxygen atoms in total. The molecule has 2 N–H and O–H groups in total. The number of amides is 1. The van der Waals surface area contributed by atoms with Crippen molar-refractivity contribution < 1.29 is 13.9 Å². The van der Waals surface area contributed by atoms with Gasteiger partial charge in [-0.15, -0.1) is 5.10 Å². The number of hydrogen-bond donors (Lipinski definition) is 2. The van der Waals surface area contributed by atoms with Crippen molar-refractivity contribution in [1.82, 2.24) is 19.9 Å². The molecule has 1 atom stereocenters. The zero-order chi connectivity index (χ0) is 22.9. The smallest absolute Gasteiger partial charge is 0.239 e. The van der Waals surface area contributed by atoms with Crippen LogP contribution in [0.2, 0.25) is 0 Å². The zero-order valence-corrected chi connectivity index (χ0v) is 19.6.